The van der Waals surface area contributed by atoms with Gasteiger partial charge in [0.05, 0.1) is 25.3 Å². The number of nitrogens with two attached hydrogens (primary N) is 1. The fourth-order valence-corrected chi connectivity index (χ4v) is 2.32. The molecule has 92 valence electrons. The lowest BCUT2D eigenvalue weighted by Gasteiger charge is -2.24. The molecule has 5 nitrogen and oxygen atoms in total. The Balaban J connectivity index is 0.000000963. The van der Waals surface area contributed by atoms with E-state index >= 15 is 0 Å². The fourth-order valence-electron chi connectivity index (χ4n) is 2.32. The van der Waals surface area contributed by atoms with Crippen LogP contribution >= 0.6 is 12.4 Å². The van der Waals surface area contributed by atoms with Crippen molar-refractivity contribution in [3.63, 3.8) is 0 Å². The standard InChI is InChI=1S/C10H16N2O3.ClH/c11-9(1-2-9)8(13)12-4-3-10(7-12)14-5-6-15-10;/h1-7,11H2;1H. The van der Waals surface area contributed by atoms with Crippen LogP contribution < -0.4 is 5.73 Å². The molecule has 3 rings (SSSR count). The van der Waals surface area contributed by atoms with Crippen LogP contribution in [0.4, 0.5) is 0 Å². The minimum absolute atomic E-state index is 0. The summed E-state index contributed by atoms with van der Waals surface area (Å²) in [5.74, 6) is -0.445. The maximum absolute atomic E-state index is 12.0. The van der Waals surface area contributed by atoms with E-state index in [4.69, 9.17) is 15.2 Å². The second-order valence-electron chi connectivity index (χ2n) is 4.74. The van der Waals surface area contributed by atoms with Crippen LogP contribution in [0.15, 0.2) is 0 Å². The molecule has 0 unspecified atom stereocenters. The lowest BCUT2D eigenvalue weighted by atomic mass is 10.2. The third-order valence-electron chi connectivity index (χ3n) is 3.51. The number of ether oxygens (including phenoxy) is 2. The predicted octanol–water partition coefficient (Wildman–Crippen LogP) is -0.125. The number of carbonyl (C=O) groups is 1. The molecule has 6 heteroatoms. The number of halogens is 1. The Kier molecular flexibility index (Phi) is 2.90. The first-order valence-corrected chi connectivity index (χ1v) is 5.50. The van der Waals surface area contributed by atoms with Crippen molar-refractivity contribution >= 4 is 18.3 Å². The van der Waals surface area contributed by atoms with Gasteiger partial charge in [0.1, 0.15) is 0 Å². The van der Waals surface area contributed by atoms with Crippen LogP contribution in [-0.2, 0) is 14.3 Å². The fraction of sp³-hybridized carbons (Fsp3) is 0.900. The van der Waals surface area contributed by atoms with Crippen molar-refractivity contribution in [2.45, 2.75) is 30.6 Å². The molecule has 0 atom stereocenters. The minimum atomic E-state index is -0.565. The molecule has 2 N–H and O–H groups in total. The van der Waals surface area contributed by atoms with Crippen LogP contribution in [0.2, 0.25) is 0 Å². The first-order chi connectivity index (χ1) is 7.14. The average molecular weight is 249 g/mol. The quantitative estimate of drug-likeness (QED) is 0.703. The summed E-state index contributed by atoms with van der Waals surface area (Å²) in [6, 6.07) is 0. The van der Waals surface area contributed by atoms with Gasteiger partial charge in [0.15, 0.2) is 5.79 Å². The molecule has 0 aromatic carbocycles. The SMILES string of the molecule is Cl.NC1(C(=O)N2CCC3(C2)OCCO3)CC1. The molecule has 16 heavy (non-hydrogen) atoms. The molecule has 0 bridgehead atoms. The molecular formula is C10H17ClN2O3. The highest BCUT2D eigenvalue weighted by atomic mass is 35.5. The van der Waals surface area contributed by atoms with Gasteiger partial charge in [0.2, 0.25) is 5.91 Å². The molecule has 2 aliphatic heterocycles. The van der Waals surface area contributed by atoms with E-state index in [1.54, 1.807) is 4.90 Å². The molecule has 2 saturated heterocycles. The Bertz CT molecular complexity index is 300. The first-order valence-electron chi connectivity index (χ1n) is 5.50. The molecule has 1 saturated carbocycles. The molecule has 1 spiro atoms. The summed E-state index contributed by atoms with van der Waals surface area (Å²) in [7, 11) is 0. The van der Waals surface area contributed by atoms with Crippen LogP contribution in [0.5, 0.6) is 0 Å². The van der Waals surface area contributed by atoms with E-state index in [9.17, 15) is 4.79 Å². The maximum Gasteiger partial charge on any atom is 0.242 e. The maximum atomic E-state index is 12.0. The zero-order chi connectivity index (χ0) is 10.5. The van der Waals surface area contributed by atoms with Crippen molar-refractivity contribution in [2.75, 3.05) is 26.3 Å². The Hall–Kier alpha value is -0.360. The lowest BCUT2D eigenvalue weighted by Crippen LogP contribution is -2.46. The summed E-state index contributed by atoms with van der Waals surface area (Å²) in [6.45, 7) is 2.52. The van der Waals surface area contributed by atoms with Crippen LogP contribution in [0, 0.1) is 0 Å². The molecule has 0 aromatic rings. The van der Waals surface area contributed by atoms with Gasteiger partial charge >= 0.3 is 0 Å². The third kappa shape index (κ3) is 1.82. The van der Waals surface area contributed by atoms with E-state index in [1.807, 2.05) is 0 Å². The topological polar surface area (TPSA) is 64.8 Å². The summed E-state index contributed by atoms with van der Waals surface area (Å²) in [4.78, 5) is 13.7. The van der Waals surface area contributed by atoms with Gasteiger partial charge in [-0.05, 0) is 12.8 Å². The van der Waals surface area contributed by atoms with E-state index in [-0.39, 0.29) is 18.3 Å². The smallest absolute Gasteiger partial charge is 0.242 e. The van der Waals surface area contributed by atoms with E-state index in [0.29, 0.717) is 26.3 Å². The largest absolute Gasteiger partial charge is 0.346 e. The highest BCUT2D eigenvalue weighted by molar-refractivity contribution is 5.89. The average Bonchev–Trinajstić information content (AvgIpc) is 2.71. The highest BCUT2D eigenvalue weighted by Gasteiger charge is 2.52. The van der Waals surface area contributed by atoms with Gasteiger partial charge in [0, 0.05) is 13.0 Å². The summed E-state index contributed by atoms with van der Waals surface area (Å²) >= 11 is 0. The third-order valence-corrected chi connectivity index (χ3v) is 3.51. The van der Waals surface area contributed by atoms with Crippen molar-refractivity contribution in [1.29, 1.82) is 0 Å². The molecular weight excluding hydrogens is 232 g/mol. The van der Waals surface area contributed by atoms with Gasteiger partial charge in [-0.1, -0.05) is 0 Å². The Morgan fingerprint density at radius 1 is 1.19 bits per heavy atom. The Labute approximate surface area is 101 Å². The monoisotopic (exact) mass is 248 g/mol. The lowest BCUT2D eigenvalue weighted by molar-refractivity contribution is -0.153. The number of hydrogen-bond acceptors (Lipinski definition) is 4. The number of carbonyl (C=O) groups excluding carboxylic acids is 1. The van der Waals surface area contributed by atoms with Gasteiger partial charge < -0.3 is 20.1 Å². The molecule has 3 aliphatic rings. The zero-order valence-electron chi connectivity index (χ0n) is 9.11. The number of rotatable bonds is 1. The van der Waals surface area contributed by atoms with Crippen molar-refractivity contribution in [3.05, 3.63) is 0 Å². The summed E-state index contributed by atoms with van der Waals surface area (Å²) < 4.78 is 11.1. The molecule has 0 radical (unpaired) electrons. The van der Waals surface area contributed by atoms with E-state index in [1.165, 1.54) is 0 Å². The molecule has 3 fully saturated rings. The first kappa shape index (κ1) is 12.1. The normalized spacial score (nSPS) is 29.2. The van der Waals surface area contributed by atoms with Crippen LogP contribution in [-0.4, -0.2) is 48.4 Å². The molecule has 1 amide bonds. The zero-order valence-corrected chi connectivity index (χ0v) is 9.92. The number of likely N-dealkylation sites (tertiary alicyclic amines) is 1. The van der Waals surface area contributed by atoms with E-state index < -0.39 is 11.3 Å². The summed E-state index contributed by atoms with van der Waals surface area (Å²) in [5.41, 5.74) is 5.32. The summed E-state index contributed by atoms with van der Waals surface area (Å²) in [6.07, 6.45) is 2.41. The van der Waals surface area contributed by atoms with Crippen LogP contribution in [0.1, 0.15) is 19.3 Å². The highest BCUT2D eigenvalue weighted by Crippen LogP contribution is 2.38. The molecule has 1 aliphatic carbocycles. The van der Waals surface area contributed by atoms with Gasteiger partial charge in [-0.15, -0.1) is 12.4 Å². The van der Waals surface area contributed by atoms with Gasteiger partial charge in [-0.25, -0.2) is 0 Å². The van der Waals surface area contributed by atoms with E-state index in [0.717, 1.165) is 19.3 Å². The predicted molar refractivity (Wildman–Crippen MR) is 59.2 cm³/mol. The second kappa shape index (κ2) is 3.84. The number of nitrogens with zero attached hydrogens (tertiary/aromatic N) is 1. The number of hydrogen-bond donors (Lipinski definition) is 1. The molecule has 0 aromatic heterocycles. The van der Waals surface area contributed by atoms with Crippen molar-refractivity contribution in [3.8, 4) is 0 Å². The van der Waals surface area contributed by atoms with Crippen LogP contribution in [0.25, 0.3) is 0 Å². The van der Waals surface area contributed by atoms with Gasteiger partial charge in [-0.3, -0.25) is 4.79 Å². The number of amides is 1. The second-order valence-corrected chi connectivity index (χ2v) is 4.74. The summed E-state index contributed by atoms with van der Waals surface area (Å²) in [5, 5.41) is 0. The van der Waals surface area contributed by atoms with Gasteiger partial charge in [0.25, 0.3) is 0 Å². The Morgan fingerprint density at radius 3 is 2.38 bits per heavy atom. The minimum Gasteiger partial charge on any atom is -0.346 e. The van der Waals surface area contributed by atoms with Gasteiger partial charge in [-0.2, -0.15) is 0 Å². The van der Waals surface area contributed by atoms with Crippen LogP contribution in [0.3, 0.4) is 0 Å². The van der Waals surface area contributed by atoms with Crippen molar-refractivity contribution in [1.82, 2.24) is 4.90 Å². The van der Waals surface area contributed by atoms with Crippen molar-refractivity contribution < 1.29 is 14.3 Å². The van der Waals surface area contributed by atoms with Crippen molar-refractivity contribution in [2.24, 2.45) is 5.73 Å². The Morgan fingerprint density at radius 2 is 1.81 bits per heavy atom. The van der Waals surface area contributed by atoms with E-state index in [2.05, 4.69) is 0 Å². The molecule has 2 heterocycles.